The van der Waals surface area contributed by atoms with Gasteiger partial charge in [-0.25, -0.2) is 5.48 Å². The second-order valence-corrected chi connectivity index (χ2v) is 8.08. The molecule has 154 valence electrons. The highest BCUT2D eigenvalue weighted by molar-refractivity contribution is 6.06. The molecule has 0 fully saturated rings. The number of para-hydroxylation sites is 1. The van der Waals surface area contributed by atoms with Crippen LogP contribution in [-0.4, -0.2) is 32.8 Å². The number of carbonyl (C=O) groups excluding carboxylic acids is 2. The van der Waals surface area contributed by atoms with E-state index >= 15 is 0 Å². The standard InChI is InChI=1S/C22H23N5O3/c1-22(2,3)19(21(29)26-30)24-20(28)18-16-6-4-5-7-17(16)27(25-18)13-15-10-8-14(12-23)9-11-15/h4-11,19,30H,13H2,1-3H3,(H,24,28)(H,26,29)/t19-/m1/s1. The lowest BCUT2D eigenvalue weighted by Gasteiger charge is -2.29. The number of hydrogen-bond acceptors (Lipinski definition) is 5. The van der Waals surface area contributed by atoms with Gasteiger partial charge < -0.3 is 5.32 Å². The minimum absolute atomic E-state index is 0.194. The molecule has 0 aliphatic heterocycles. The lowest BCUT2D eigenvalue weighted by atomic mass is 9.86. The van der Waals surface area contributed by atoms with Gasteiger partial charge in [0, 0.05) is 5.39 Å². The number of hydroxylamine groups is 1. The summed E-state index contributed by atoms with van der Waals surface area (Å²) in [6, 6.07) is 15.6. The summed E-state index contributed by atoms with van der Waals surface area (Å²) in [5.74, 6) is -1.20. The summed E-state index contributed by atoms with van der Waals surface area (Å²) < 4.78 is 1.71. The van der Waals surface area contributed by atoms with Crippen molar-refractivity contribution in [3.8, 4) is 6.07 Å². The Labute approximate surface area is 174 Å². The molecule has 30 heavy (non-hydrogen) atoms. The van der Waals surface area contributed by atoms with E-state index in [-0.39, 0.29) is 5.69 Å². The van der Waals surface area contributed by atoms with Crippen molar-refractivity contribution in [2.45, 2.75) is 33.4 Å². The zero-order valence-corrected chi connectivity index (χ0v) is 17.0. The van der Waals surface area contributed by atoms with Gasteiger partial charge in [0.2, 0.25) is 0 Å². The van der Waals surface area contributed by atoms with E-state index in [9.17, 15) is 9.59 Å². The summed E-state index contributed by atoms with van der Waals surface area (Å²) in [7, 11) is 0. The van der Waals surface area contributed by atoms with E-state index in [0.717, 1.165) is 11.1 Å². The second kappa shape index (κ2) is 8.35. The maximum atomic E-state index is 13.0. The maximum absolute atomic E-state index is 13.0. The van der Waals surface area contributed by atoms with Crippen LogP contribution in [0.25, 0.3) is 10.9 Å². The Kier molecular flexibility index (Phi) is 5.85. The van der Waals surface area contributed by atoms with Gasteiger partial charge in [-0.15, -0.1) is 0 Å². The van der Waals surface area contributed by atoms with E-state index in [0.29, 0.717) is 17.5 Å². The molecule has 1 aromatic heterocycles. The quantitative estimate of drug-likeness (QED) is 0.445. The molecule has 8 nitrogen and oxygen atoms in total. The van der Waals surface area contributed by atoms with Crippen molar-refractivity contribution in [2.75, 3.05) is 0 Å². The van der Waals surface area contributed by atoms with Gasteiger partial charge in [0.1, 0.15) is 6.04 Å². The molecule has 0 bridgehead atoms. The molecule has 0 radical (unpaired) electrons. The molecule has 1 atom stereocenters. The SMILES string of the molecule is CC(C)(C)[C@H](NC(=O)c1nn(Cc2ccc(C#N)cc2)c2ccccc12)C(=O)NO. The second-order valence-electron chi connectivity index (χ2n) is 8.08. The zero-order chi connectivity index (χ0) is 21.9. The smallest absolute Gasteiger partial charge is 0.273 e. The molecule has 8 heteroatoms. The third kappa shape index (κ3) is 4.31. The number of carbonyl (C=O) groups is 2. The van der Waals surface area contributed by atoms with E-state index < -0.39 is 23.3 Å². The molecule has 0 saturated heterocycles. The van der Waals surface area contributed by atoms with E-state index in [4.69, 9.17) is 10.5 Å². The Bertz CT molecular complexity index is 1120. The maximum Gasteiger partial charge on any atom is 0.273 e. The number of rotatable bonds is 5. The van der Waals surface area contributed by atoms with Crippen LogP contribution in [0.4, 0.5) is 0 Å². The first-order valence-electron chi connectivity index (χ1n) is 9.44. The Morgan fingerprint density at radius 1 is 1.17 bits per heavy atom. The van der Waals surface area contributed by atoms with E-state index in [1.807, 2.05) is 30.3 Å². The largest absolute Gasteiger partial charge is 0.338 e. The van der Waals surface area contributed by atoms with E-state index in [2.05, 4.69) is 16.5 Å². The van der Waals surface area contributed by atoms with Crippen molar-refractivity contribution in [1.82, 2.24) is 20.6 Å². The van der Waals surface area contributed by atoms with Crippen LogP contribution < -0.4 is 10.8 Å². The minimum atomic E-state index is -0.947. The van der Waals surface area contributed by atoms with Crippen molar-refractivity contribution in [3.05, 3.63) is 65.4 Å². The zero-order valence-electron chi connectivity index (χ0n) is 17.0. The molecule has 0 unspecified atom stereocenters. The number of nitrogens with zero attached hydrogens (tertiary/aromatic N) is 3. The highest BCUT2D eigenvalue weighted by Crippen LogP contribution is 2.23. The molecular formula is C22H23N5O3. The van der Waals surface area contributed by atoms with E-state index in [1.165, 1.54) is 0 Å². The summed E-state index contributed by atoms with van der Waals surface area (Å²) in [6.07, 6.45) is 0. The summed E-state index contributed by atoms with van der Waals surface area (Å²) in [5.41, 5.74) is 3.45. The highest BCUT2D eigenvalue weighted by Gasteiger charge is 2.34. The van der Waals surface area contributed by atoms with Gasteiger partial charge >= 0.3 is 0 Å². The average Bonchev–Trinajstić information content (AvgIpc) is 3.09. The number of nitrogens with one attached hydrogen (secondary N) is 2. The summed E-state index contributed by atoms with van der Waals surface area (Å²) >= 11 is 0. The van der Waals surface area contributed by atoms with Crippen LogP contribution in [0.15, 0.2) is 48.5 Å². The number of fused-ring (bicyclic) bond motifs is 1. The van der Waals surface area contributed by atoms with Crippen LogP contribution in [0, 0.1) is 16.7 Å². The molecule has 0 aliphatic rings. The van der Waals surface area contributed by atoms with Crippen LogP contribution in [0.1, 0.15) is 42.4 Å². The van der Waals surface area contributed by atoms with Crippen LogP contribution in [0.5, 0.6) is 0 Å². The summed E-state index contributed by atoms with van der Waals surface area (Å²) in [5, 5.41) is 25.8. The number of hydrogen-bond donors (Lipinski definition) is 3. The van der Waals surface area contributed by atoms with Crippen molar-refractivity contribution < 1.29 is 14.8 Å². The van der Waals surface area contributed by atoms with Crippen molar-refractivity contribution in [2.24, 2.45) is 5.41 Å². The molecule has 3 N–H and O–H groups in total. The summed E-state index contributed by atoms with van der Waals surface area (Å²) in [6.45, 7) is 5.78. The highest BCUT2D eigenvalue weighted by atomic mass is 16.5. The monoisotopic (exact) mass is 405 g/mol. The Morgan fingerprint density at radius 3 is 2.43 bits per heavy atom. The van der Waals surface area contributed by atoms with Gasteiger partial charge in [0.05, 0.1) is 23.7 Å². The van der Waals surface area contributed by atoms with Crippen molar-refractivity contribution in [1.29, 1.82) is 5.26 Å². The molecule has 0 saturated carbocycles. The Balaban J connectivity index is 1.95. The molecular weight excluding hydrogens is 382 g/mol. The Hall–Kier alpha value is -3.70. The fourth-order valence-corrected chi connectivity index (χ4v) is 3.21. The van der Waals surface area contributed by atoms with Crippen molar-refractivity contribution in [3.63, 3.8) is 0 Å². The number of aromatic nitrogens is 2. The van der Waals surface area contributed by atoms with Gasteiger partial charge in [-0.3, -0.25) is 19.5 Å². The van der Waals surface area contributed by atoms with Crippen LogP contribution >= 0.6 is 0 Å². The first-order chi connectivity index (χ1) is 14.2. The van der Waals surface area contributed by atoms with Gasteiger partial charge in [0.15, 0.2) is 5.69 Å². The predicted molar refractivity (Wildman–Crippen MR) is 111 cm³/mol. The van der Waals surface area contributed by atoms with Gasteiger partial charge in [-0.05, 0) is 29.2 Å². The van der Waals surface area contributed by atoms with Crippen LogP contribution in [-0.2, 0) is 11.3 Å². The number of amides is 2. The first-order valence-corrected chi connectivity index (χ1v) is 9.44. The first kappa shape index (κ1) is 21.0. The lowest BCUT2D eigenvalue weighted by Crippen LogP contribution is -2.53. The molecule has 3 aromatic rings. The van der Waals surface area contributed by atoms with Gasteiger partial charge in [0.25, 0.3) is 11.8 Å². The molecule has 0 spiro atoms. The molecule has 2 amide bonds. The molecule has 2 aromatic carbocycles. The average molecular weight is 405 g/mol. The van der Waals surface area contributed by atoms with Crippen LogP contribution in [0.2, 0.25) is 0 Å². The number of nitriles is 1. The summed E-state index contributed by atoms with van der Waals surface area (Å²) in [4.78, 5) is 25.1. The third-order valence-electron chi connectivity index (χ3n) is 4.80. The topological polar surface area (TPSA) is 120 Å². The molecule has 1 heterocycles. The van der Waals surface area contributed by atoms with Crippen molar-refractivity contribution >= 4 is 22.7 Å². The normalized spacial score (nSPS) is 12.2. The predicted octanol–water partition coefficient (Wildman–Crippen LogP) is 2.61. The number of benzene rings is 2. The van der Waals surface area contributed by atoms with E-state index in [1.54, 1.807) is 49.1 Å². The van der Waals surface area contributed by atoms with Gasteiger partial charge in [-0.1, -0.05) is 51.1 Å². The van der Waals surface area contributed by atoms with Gasteiger partial charge in [-0.2, -0.15) is 10.4 Å². The molecule has 0 aliphatic carbocycles. The van der Waals surface area contributed by atoms with Crippen LogP contribution in [0.3, 0.4) is 0 Å². The third-order valence-corrected chi connectivity index (χ3v) is 4.80. The molecule has 3 rings (SSSR count). The fraction of sp³-hybridized carbons (Fsp3) is 0.273. The minimum Gasteiger partial charge on any atom is -0.338 e. The lowest BCUT2D eigenvalue weighted by molar-refractivity contribution is -0.133. The Morgan fingerprint density at radius 2 is 1.83 bits per heavy atom. The fourth-order valence-electron chi connectivity index (χ4n) is 3.21.